The molecule has 28 heavy (non-hydrogen) atoms. The summed E-state index contributed by atoms with van der Waals surface area (Å²) in [6, 6.07) is 4.07. The molecule has 2 aromatic rings. The number of nitro benzene ring substituents is 1. The second-order valence-corrected chi connectivity index (χ2v) is 7.18. The Morgan fingerprint density at radius 1 is 1.32 bits per heavy atom. The van der Waals surface area contributed by atoms with Crippen LogP contribution in [-0.2, 0) is 11.3 Å². The van der Waals surface area contributed by atoms with Gasteiger partial charge in [0.25, 0.3) is 11.6 Å². The third-order valence-electron chi connectivity index (χ3n) is 4.19. The lowest BCUT2D eigenvalue weighted by Crippen LogP contribution is -2.27. The van der Waals surface area contributed by atoms with Crippen LogP contribution in [-0.4, -0.2) is 39.8 Å². The minimum atomic E-state index is -0.521. The molecule has 0 bridgehead atoms. The normalized spacial score (nSPS) is 10.8. The number of nitrogens with zero attached hydrogens (tertiary/aromatic N) is 2. The number of esters is 1. The van der Waals surface area contributed by atoms with E-state index in [0.717, 1.165) is 0 Å². The highest BCUT2D eigenvalue weighted by molar-refractivity contribution is 6.31. The van der Waals surface area contributed by atoms with Crippen molar-refractivity contribution in [2.24, 2.45) is 0 Å². The van der Waals surface area contributed by atoms with Crippen molar-refractivity contribution in [1.82, 2.24) is 9.88 Å². The van der Waals surface area contributed by atoms with Crippen molar-refractivity contribution in [3.05, 3.63) is 61.4 Å². The number of H-pyrrole nitrogens is 1. The molecule has 1 N–H and O–H groups in total. The van der Waals surface area contributed by atoms with Gasteiger partial charge in [-0.1, -0.05) is 11.6 Å². The fraction of sp³-hybridized carbons (Fsp3) is 0.368. The topological polar surface area (TPSA) is 106 Å². The lowest BCUT2D eigenvalue weighted by atomic mass is 10.1. The van der Waals surface area contributed by atoms with Crippen LogP contribution >= 0.6 is 11.6 Å². The Bertz CT molecular complexity index is 936. The van der Waals surface area contributed by atoms with E-state index in [9.17, 15) is 19.7 Å². The summed E-state index contributed by atoms with van der Waals surface area (Å²) < 4.78 is 5.23. The van der Waals surface area contributed by atoms with Gasteiger partial charge in [0.2, 0.25) is 0 Å². The molecule has 0 fully saturated rings. The van der Waals surface area contributed by atoms with Gasteiger partial charge in [-0.25, -0.2) is 4.79 Å². The molecular weight excluding hydrogens is 386 g/mol. The summed E-state index contributed by atoms with van der Waals surface area (Å²) in [6.45, 7) is 6.93. The minimum Gasteiger partial charge on any atom is -0.459 e. The van der Waals surface area contributed by atoms with E-state index < -0.39 is 10.9 Å². The van der Waals surface area contributed by atoms with Gasteiger partial charge in [0, 0.05) is 36.4 Å². The molecule has 1 aromatic heterocycles. The maximum Gasteiger partial charge on any atom is 0.340 e. The summed E-state index contributed by atoms with van der Waals surface area (Å²) >= 11 is 6.12. The molecule has 1 aromatic carbocycles. The van der Waals surface area contributed by atoms with E-state index in [-0.39, 0.29) is 29.9 Å². The number of halogens is 1. The Morgan fingerprint density at radius 2 is 1.96 bits per heavy atom. The molecule has 150 valence electrons. The van der Waals surface area contributed by atoms with E-state index >= 15 is 0 Å². The van der Waals surface area contributed by atoms with Crippen molar-refractivity contribution < 1.29 is 19.2 Å². The molecule has 0 radical (unpaired) electrons. The Kier molecular flexibility index (Phi) is 6.45. The first-order valence-corrected chi connectivity index (χ1v) is 8.99. The summed E-state index contributed by atoms with van der Waals surface area (Å²) in [5, 5.41) is 11.3. The third-order valence-corrected chi connectivity index (χ3v) is 4.56. The molecule has 0 aliphatic rings. The van der Waals surface area contributed by atoms with Gasteiger partial charge < -0.3 is 14.6 Å². The Labute approximate surface area is 167 Å². The van der Waals surface area contributed by atoms with Crippen LogP contribution in [0.15, 0.2) is 18.2 Å². The Morgan fingerprint density at radius 3 is 2.54 bits per heavy atom. The van der Waals surface area contributed by atoms with Crippen LogP contribution in [0.1, 0.15) is 51.5 Å². The first-order chi connectivity index (χ1) is 13.0. The molecule has 0 spiro atoms. The highest BCUT2D eigenvalue weighted by Crippen LogP contribution is 2.25. The van der Waals surface area contributed by atoms with Gasteiger partial charge in [-0.05, 0) is 44.9 Å². The van der Waals surface area contributed by atoms with Crippen LogP contribution in [0, 0.1) is 24.0 Å². The van der Waals surface area contributed by atoms with Crippen molar-refractivity contribution in [2.75, 3.05) is 7.05 Å². The number of aromatic nitrogens is 1. The van der Waals surface area contributed by atoms with E-state index in [1.807, 2.05) is 0 Å². The van der Waals surface area contributed by atoms with Crippen molar-refractivity contribution in [3.63, 3.8) is 0 Å². The fourth-order valence-corrected chi connectivity index (χ4v) is 3.03. The molecule has 0 saturated carbocycles. The van der Waals surface area contributed by atoms with Crippen molar-refractivity contribution >= 4 is 29.2 Å². The van der Waals surface area contributed by atoms with Gasteiger partial charge in [-0.3, -0.25) is 14.9 Å². The summed E-state index contributed by atoms with van der Waals surface area (Å²) in [5.74, 6) is -0.864. The number of non-ortho nitro benzene ring substituents is 1. The van der Waals surface area contributed by atoms with E-state index in [4.69, 9.17) is 16.3 Å². The zero-order valence-corrected chi connectivity index (χ0v) is 17.1. The molecule has 0 unspecified atom stereocenters. The zero-order chi connectivity index (χ0) is 21.2. The Balaban J connectivity index is 2.28. The molecule has 0 atom stereocenters. The van der Waals surface area contributed by atoms with Crippen LogP contribution in [0.4, 0.5) is 5.69 Å². The Hall–Kier alpha value is -2.87. The standard InChI is InChI=1S/C19H22ClN3O5/c1-10(2)28-19(25)16-11(3)17(21-12(16)4)18(24)22(5)9-13-8-14(23(26)27)6-7-15(13)20/h6-8,10,21H,9H2,1-5H3. The largest absolute Gasteiger partial charge is 0.459 e. The SMILES string of the molecule is Cc1[nH]c(C(=O)N(C)Cc2cc([N+](=O)[O-])ccc2Cl)c(C)c1C(=O)OC(C)C. The molecule has 1 amide bonds. The number of carbonyl (C=O) groups is 2. The van der Waals surface area contributed by atoms with Crippen LogP contribution in [0.5, 0.6) is 0 Å². The first kappa shape index (κ1) is 21.4. The summed E-state index contributed by atoms with van der Waals surface area (Å²) in [6.07, 6.45) is -0.279. The number of hydrogen-bond donors (Lipinski definition) is 1. The zero-order valence-electron chi connectivity index (χ0n) is 16.3. The number of aromatic amines is 1. The van der Waals surface area contributed by atoms with E-state index in [1.54, 1.807) is 34.7 Å². The molecule has 9 heteroatoms. The average molecular weight is 408 g/mol. The average Bonchev–Trinajstić information content (AvgIpc) is 2.89. The van der Waals surface area contributed by atoms with E-state index in [2.05, 4.69) is 4.98 Å². The van der Waals surface area contributed by atoms with Gasteiger partial charge in [-0.2, -0.15) is 0 Å². The second-order valence-electron chi connectivity index (χ2n) is 6.77. The van der Waals surface area contributed by atoms with E-state index in [1.165, 1.54) is 23.1 Å². The van der Waals surface area contributed by atoms with Crippen molar-refractivity contribution in [3.8, 4) is 0 Å². The maximum atomic E-state index is 12.9. The lowest BCUT2D eigenvalue weighted by molar-refractivity contribution is -0.384. The molecule has 8 nitrogen and oxygen atoms in total. The van der Waals surface area contributed by atoms with Crippen LogP contribution in [0.2, 0.25) is 5.02 Å². The quantitative estimate of drug-likeness (QED) is 0.442. The minimum absolute atomic E-state index is 0.0721. The van der Waals surface area contributed by atoms with Gasteiger partial charge in [-0.15, -0.1) is 0 Å². The smallest absolute Gasteiger partial charge is 0.340 e. The molecule has 0 aliphatic carbocycles. The van der Waals surface area contributed by atoms with Crippen molar-refractivity contribution in [1.29, 1.82) is 0 Å². The number of rotatable bonds is 6. The number of aryl methyl sites for hydroxylation is 1. The van der Waals surface area contributed by atoms with Gasteiger partial charge in [0.1, 0.15) is 5.69 Å². The number of nitro groups is 1. The second kappa shape index (κ2) is 8.43. The lowest BCUT2D eigenvalue weighted by Gasteiger charge is -2.18. The molecule has 0 saturated heterocycles. The number of benzene rings is 1. The summed E-state index contributed by atoms with van der Waals surface area (Å²) in [5.41, 5.74) is 1.97. The number of ether oxygens (including phenoxy) is 1. The predicted octanol–water partition coefficient (Wildman–Crippen LogP) is 4.03. The van der Waals surface area contributed by atoms with E-state index in [0.29, 0.717) is 27.4 Å². The van der Waals surface area contributed by atoms with Crippen molar-refractivity contribution in [2.45, 2.75) is 40.3 Å². The molecular formula is C19H22ClN3O5. The van der Waals surface area contributed by atoms with Gasteiger partial charge in [0.15, 0.2) is 0 Å². The summed E-state index contributed by atoms with van der Waals surface area (Å²) in [7, 11) is 1.55. The number of carbonyl (C=O) groups excluding carboxylic acids is 2. The highest BCUT2D eigenvalue weighted by Gasteiger charge is 2.25. The van der Waals surface area contributed by atoms with Gasteiger partial charge >= 0.3 is 5.97 Å². The molecule has 0 aliphatic heterocycles. The highest BCUT2D eigenvalue weighted by atomic mass is 35.5. The predicted molar refractivity (Wildman–Crippen MR) is 105 cm³/mol. The molecule has 1 heterocycles. The van der Waals surface area contributed by atoms with Crippen LogP contribution in [0.3, 0.4) is 0 Å². The van der Waals surface area contributed by atoms with Crippen LogP contribution < -0.4 is 0 Å². The fourth-order valence-electron chi connectivity index (χ4n) is 2.86. The summed E-state index contributed by atoms with van der Waals surface area (Å²) in [4.78, 5) is 39.9. The number of hydrogen-bond acceptors (Lipinski definition) is 5. The molecule has 2 rings (SSSR count). The van der Waals surface area contributed by atoms with Gasteiger partial charge in [0.05, 0.1) is 16.6 Å². The number of nitrogens with one attached hydrogen (secondary N) is 1. The van der Waals surface area contributed by atoms with Crippen LogP contribution in [0.25, 0.3) is 0 Å². The monoisotopic (exact) mass is 407 g/mol. The number of amides is 1. The first-order valence-electron chi connectivity index (χ1n) is 8.61. The third kappa shape index (κ3) is 4.51. The maximum absolute atomic E-state index is 12.9.